The molecule has 3 nitrogen and oxygen atoms in total. The van der Waals surface area contributed by atoms with Crippen LogP contribution in [0, 0.1) is 9.39 Å². The van der Waals surface area contributed by atoms with Crippen LogP contribution in [0.25, 0.3) is 0 Å². The highest BCUT2D eigenvalue weighted by Crippen LogP contribution is 2.16. The lowest BCUT2D eigenvalue weighted by Gasteiger charge is -2.09. The van der Waals surface area contributed by atoms with Gasteiger partial charge in [0.05, 0.1) is 5.69 Å². The maximum Gasteiger partial charge on any atom is 0.319 e. The molecular formula is C15H14FIN2O. The molecular weight excluding hydrogens is 370 g/mol. The van der Waals surface area contributed by atoms with Crippen molar-refractivity contribution >= 4 is 34.3 Å². The number of hydrogen-bond acceptors (Lipinski definition) is 1. The molecule has 2 aromatic rings. The van der Waals surface area contributed by atoms with Crippen molar-refractivity contribution in [3.63, 3.8) is 0 Å². The summed E-state index contributed by atoms with van der Waals surface area (Å²) in [5.41, 5.74) is 1.64. The quantitative estimate of drug-likeness (QED) is 0.774. The molecule has 0 heterocycles. The number of amides is 2. The van der Waals surface area contributed by atoms with Crippen molar-refractivity contribution in [1.29, 1.82) is 0 Å². The molecule has 5 heteroatoms. The summed E-state index contributed by atoms with van der Waals surface area (Å²) in [4.78, 5) is 11.7. The Bertz CT molecular complexity index is 604. The average Bonchev–Trinajstić information content (AvgIpc) is 2.41. The predicted octanol–water partition coefficient (Wildman–Crippen LogP) is 3.79. The summed E-state index contributed by atoms with van der Waals surface area (Å²) < 4.78 is 14.0. The van der Waals surface area contributed by atoms with E-state index in [2.05, 4.69) is 33.2 Å². The standard InChI is InChI=1S/C15H14FIN2O/c16-12-5-3-4-11(10-12)8-9-18-15(20)19-14-7-2-1-6-13(14)17/h1-7,10H,8-9H2,(H2,18,19,20). The first-order chi connectivity index (χ1) is 9.65. The lowest BCUT2D eigenvalue weighted by Crippen LogP contribution is -2.30. The van der Waals surface area contributed by atoms with Crippen LogP contribution >= 0.6 is 22.6 Å². The van der Waals surface area contributed by atoms with E-state index in [9.17, 15) is 9.18 Å². The second-order valence-corrected chi connectivity index (χ2v) is 5.40. The van der Waals surface area contributed by atoms with Crippen LogP contribution in [0.5, 0.6) is 0 Å². The Hall–Kier alpha value is -1.63. The van der Waals surface area contributed by atoms with E-state index in [-0.39, 0.29) is 11.8 Å². The molecule has 2 N–H and O–H groups in total. The number of hydrogen-bond donors (Lipinski definition) is 2. The molecule has 0 saturated heterocycles. The molecule has 2 aromatic carbocycles. The second kappa shape index (κ2) is 7.23. The summed E-state index contributed by atoms with van der Waals surface area (Å²) in [7, 11) is 0. The largest absolute Gasteiger partial charge is 0.338 e. The molecule has 0 atom stereocenters. The summed E-state index contributed by atoms with van der Waals surface area (Å²) in [6.07, 6.45) is 0.594. The summed E-state index contributed by atoms with van der Waals surface area (Å²) in [6.45, 7) is 0.457. The molecule has 0 aliphatic heterocycles. The van der Waals surface area contributed by atoms with Gasteiger partial charge in [-0.1, -0.05) is 24.3 Å². The molecule has 0 aliphatic rings. The van der Waals surface area contributed by atoms with Gasteiger partial charge in [-0.25, -0.2) is 9.18 Å². The molecule has 2 amide bonds. The first-order valence-corrected chi connectivity index (χ1v) is 7.27. The van der Waals surface area contributed by atoms with Gasteiger partial charge in [0.15, 0.2) is 0 Å². The van der Waals surface area contributed by atoms with Crippen molar-refractivity contribution < 1.29 is 9.18 Å². The van der Waals surface area contributed by atoms with Crippen molar-refractivity contribution in [3.8, 4) is 0 Å². The van der Waals surface area contributed by atoms with Gasteiger partial charge in [0, 0.05) is 10.1 Å². The van der Waals surface area contributed by atoms with Gasteiger partial charge in [0.2, 0.25) is 0 Å². The Labute approximate surface area is 130 Å². The highest BCUT2D eigenvalue weighted by molar-refractivity contribution is 14.1. The number of benzene rings is 2. The molecule has 0 radical (unpaired) electrons. The Balaban J connectivity index is 1.80. The topological polar surface area (TPSA) is 41.1 Å². The minimum absolute atomic E-state index is 0.259. The third-order valence-corrected chi connectivity index (χ3v) is 3.65. The van der Waals surface area contributed by atoms with E-state index >= 15 is 0 Å². The number of rotatable bonds is 4. The number of para-hydroxylation sites is 1. The minimum atomic E-state index is -0.259. The second-order valence-electron chi connectivity index (χ2n) is 4.24. The normalized spacial score (nSPS) is 10.1. The Morgan fingerprint density at radius 3 is 2.70 bits per heavy atom. The Morgan fingerprint density at radius 1 is 1.15 bits per heavy atom. The van der Waals surface area contributed by atoms with Crippen LogP contribution in [0.3, 0.4) is 0 Å². The van der Waals surface area contributed by atoms with Gasteiger partial charge < -0.3 is 10.6 Å². The maximum atomic E-state index is 13.0. The fraction of sp³-hybridized carbons (Fsp3) is 0.133. The minimum Gasteiger partial charge on any atom is -0.338 e. The van der Waals surface area contributed by atoms with Gasteiger partial charge in [0.25, 0.3) is 0 Å². The molecule has 0 unspecified atom stereocenters. The van der Waals surface area contributed by atoms with Crippen LogP contribution in [0.1, 0.15) is 5.56 Å². The van der Waals surface area contributed by atoms with Gasteiger partial charge in [-0.2, -0.15) is 0 Å². The lowest BCUT2D eigenvalue weighted by molar-refractivity contribution is 0.252. The van der Waals surface area contributed by atoms with E-state index in [1.807, 2.05) is 30.3 Å². The van der Waals surface area contributed by atoms with Crippen molar-refractivity contribution in [3.05, 3.63) is 63.5 Å². The Kier molecular flexibility index (Phi) is 5.34. The van der Waals surface area contributed by atoms with Crippen LogP contribution in [-0.2, 0) is 6.42 Å². The molecule has 0 saturated carbocycles. The van der Waals surface area contributed by atoms with Crippen LogP contribution in [0.15, 0.2) is 48.5 Å². The first-order valence-electron chi connectivity index (χ1n) is 6.19. The Morgan fingerprint density at radius 2 is 1.95 bits per heavy atom. The number of nitrogens with one attached hydrogen (secondary N) is 2. The smallest absolute Gasteiger partial charge is 0.319 e. The van der Waals surface area contributed by atoms with Gasteiger partial charge in [-0.05, 0) is 58.8 Å². The predicted molar refractivity (Wildman–Crippen MR) is 86.3 cm³/mol. The number of urea groups is 1. The lowest BCUT2D eigenvalue weighted by atomic mass is 10.1. The number of halogens is 2. The zero-order valence-corrected chi connectivity index (χ0v) is 12.9. The molecule has 0 fully saturated rings. The summed E-state index contributed by atoms with van der Waals surface area (Å²) >= 11 is 2.16. The van der Waals surface area contributed by atoms with Gasteiger partial charge >= 0.3 is 6.03 Å². The van der Waals surface area contributed by atoms with E-state index in [1.165, 1.54) is 12.1 Å². The van der Waals surface area contributed by atoms with E-state index in [0.29, 0.717) is 13.0 Å². The number of carbonyl (C=O) groups excluding carboxylic acids is 1. The van der Waals surface area contributed by atoms with Crippen LogP contribution in [0.4, 0.5) is 14.9 Å². The zero-order valence-electron chi connectivity index (χ0n) is 10.7. The first kappa shape index (κ1) is 14.8. The third kappa shape index (κ3) is 4.48. The van der Waals surface area contributed by atoms with Crippen molar-refractivity contribution in [2.24, 2.45) is 0 Å². The van der Waals surface area contributed by atoms with E-state index < -0.39 is 0 Å². The fourth-order valence-electron chi connectivity index (χ4n) is 1.74. The molecule has 0 bridgehead atoms. The number of carbonyl (C=O) groups is 1. The summed E-state index contributed by atoms with van der Waals surface area (Å²) in [6, 6.07) is 13.7. The molecule has 104 valence electrons. The summed E-state index contributed by atoms with van der Waals surface area (Å²) in [5, 5.41) is 5.53. The molecule has 0 aromatic heterocycles. The molecule has 0 aliphatic carbocycles. The van der Waals surface area contributed by atoms with Gasteiger partial charge in [-0.15, -0.1) is 0 Å². The highest BCUT2D eigenvalue weighted by atomic mass is 127. The zero-order chi connectivity index (χ0) is 14.4. The van der Waals surface area contributed by atoms with Crippen LogP contribution < -0.4 is 10.6 Å². The van der Waals surface area contributed by atoms with Crippen LogP contribution in [-0.4, -0.2) is 12.6 Å². The average molecular weight is 384 g/mol. The van der Waals surface area contributed by atoms with Gasteiger partial charge in [0.1, 0.15) is 5.82 Å². The highest BCUT2D eigenvalue weighted by Gasteiger charge is 2.04. The SMILES string of the molecule is O=C(NCCc1cccc(F)c1)Nc1ccccc1I. The fourth-order valence-corrected chi connectivity index (χ4v) is 2.26. The molecule has 20 heavy (non-hydrogen) atoms. The van der Waals surface area contributed by atoms with Crippen molar-refractivity contribution in [2.75, 3.05) is 11.9 Å². The molecule has 2 rings (SSSR count). The van der Waals surface area contributed by atoms with E-state index in [4.69, 9.17) is 0 Å². The van der Waals surface area contributed by atoms with Crippen molar-refractivity contribution in [1.82, 2.24) is 5.32 Å². The summed E-state index contributed by atoms with van der Waals surface area (Å²) in [5.74, 6) is -0.259. The van der Waals surface area contributed by atoms with Crippen LogP contribution in [0.2, 0.25) is 0 Å². The molecule has 0 spiro atoms. The maximum absolute atomic E-state index is 13.0. The number of anilines is 1. The van der Waals surface area contributed by atoms with E-state index in [1.54, 1.807) is 6.07 Å². The van der Waals surface area contributed by atoms with Crippen molar-refractivity contribution in [2.45, 2.75) is 6.42 Å². The third-order valence-electron chi connectivity index (χ3n) is 2.71. The van der Waals surface area contributed by atoms with Gasteiger partial charge in [-0.3, -0.25) is 0 Å². The monoisotopic (exact) mass is 384 g/mol. The van der Waals surface area contributed by atoms with E-state index in [0.717, 1.165) is 14.8 Å².